The van der Waals surface area contributed by atoms with E-state index in [1.165, 1.54) is 0 Å². The second kappa shape index (κ2) is 7.58. The number of rotatable bonds is 5. The maximum atomic E-state index is 12.2. The first-order chi connectivity index (χ1) is 9.97. The number of hydrogen-bond donors (Lipinski definition) is 2. The molecule has 1 amide bonds. The van der Waals surface area contributed by atoms with Crippen LogP contribution in [0, 0.1) is 0 Å². The van der Waals surface area contributed by atoms with Gasteiger partial charge in [-0.1, -0.05) is 23.2 Å². The minimum absolute atomic E-state index is 0.133. The number of nitrogens with two attached hydrogens (primary N) is 1. The van der Waals surface area contributed by atoms with Crippen LogP contribution in [0.2, 0.25) is 10.0 Å². The largest absolute Gasteiger partial charge is 0.399 e. The van der Waals surface area contributed by atoms with E-state index in [1.807, 2.05) is 6.92 Å². The van der Waals surface area contributed by atoms with Crippen molar-refractivity contribution in [1.82, 2.24) is 0 Å². The summed E-state index contributed by atoms with van der Waals surface area (Å²) in [6.07, 6.45) is 2.42. The van der Waals surface area contributed by atoms with E-state index in [0.717, 1.165) is 25.2 Å². The van der Waals surface area contributed by atoms with Gasteiger partial charge in [0.05, 0.1) is 27.1 Å². The van der Waals surface area contributed by atoms with Crippen molar-refractivity contribution in [3.05, 3.63) is 22.2 Å². The number of halogens is 2. The van der Waals surface area contributed by atoms with E-state index >= 15 is 0 Å². The van der Waals surface area contributed by atoms with Gasteiger partial charge < -0.3 is 15.8 Å². The third-order valence-electron chi connectivity index (χ3n) is 3.24. The summed E-state index contributed by atoms with van der Waals surface area (Å²) in [5.41, 5.74) is 6.50. The van der Waals surface area contributed by atoms with Gasteiger partial charge in [-0.3, -0.25) is 4.79 Å². The summed E-state index contributed by atoms with van der Waals surface area (Å²) in [4.78, 5) is 12.2. The van der Waals surface area contributed by atoms with Crippen LogP contribution in [0.5, 0.6) is 0 Å². The first kappa shape index (κ1) is 16.7. The Bertz CT molecular complexity index is 499. The van der Waals surface area contributed by atoms with E-state index in [0.29, 0.717) is 21.4 Å². The van der Waals surface area contributed by atoms with Crippen LogP contribution < -0.4 is 11.1 Å². The number of benzene rings is 1. The molecule has 21 heavy (non-hydrogen) atoms. The predicted octanol–water partition coefficient (Wildman–Crippen LogP) is 3.81. The molecule has 1 fully saturated rings. The first-order valence-electron chi connectivity index (χ1n) is 6.76. The van der Waals surface area contributed by atoms with Crippen LogP contribution in [0.3, 0.4) is 0 Å². The van der Waals surface area contributed by atoms with Crippen molar-refractivity contribution in [2.45, 2.75) is 31.1 Å². The van der Waals surface area contributed by atoms with Crippen molar-refractivity contribution in [1.29, 1.82) is 0 Å². The molecular weight excluding hydrogens is 331 g/mol. The number of ether oxygens (including phenoxy) is 1. The zero-order chi connectivity index (χ0) is 15.4. The molecule has 1 aliphatic heterocycles. The van der Waals surface area contributed by atoms with Gasteiger partial charge in [-0.25, -0.2) is 0 Å². The van der Waals surface area contributed by atoms with Crippen molar-refractivity contribution >= 4 is 52.2 Å². The van der Waals surface area contributed by atoms with Crippen LogP contribution in [0.25, 0.3) is 0 Å². The predicted molar refractivity (Wildman–Crippen MR) is 90.4 cm³/mol. The van der Waals surface area contributed by atoms with E-state index in [-0.39, 0.29) is 17.3 Å². The molecule has 2 unspecified atom stereocenters. The maximum absolute atomic E-state index is 12.2. The van der Waals surface area contributed by atoms with Gasteiger partial charge in [0.2, 0.25) is 5.91 Å². The lowest BCUT2D eigenvalue weighted by molar-refractivity contribution is -0.115. The van der Waals surface area contributed by atoms with Crippen molar-refractivity contribution in [2.75, 3.05) is 23.4 Å². The van der Waals surface area contributed by atoms with Gasteiger partial charge in [-0.15, -0.1) is 11.8 Å². The van der Waals surface area contributed by atoms with Gasteiger partial charge in [0, 0.05) is 18.0 Å². The molecule has 0 spiro atoms. The van der Waals surface area contributed by atoms with Gasteiger partial charge in [0.15, 0.2) is 0 Å². The number of nitrogens with one attached hydrogen (secondary N) is 1. The summed E-state index contributed by atoms with van der Waals surface area (Å²) in [5.74, 6) is 0.684. The highest BCUT2D eigenvalue weighted by Crippen LogP contribution is 2.33. The van der Waals surface area contributed by atoms with Gasteiger partial charge >= 0.3 is 0 Å². The Labute approximate surface area is 138 Å². The second-order valence-electron chi connectivity index (χ2n) is 4.96. The van der Waals surface area contributed by atoms with Crippen LogP contribution in [0.15, 0.2) is 12.1 Å². The minimum Gasteiger partial charge on any atom is -0.399 e. The summed E-state index contributed by atoms with van der Waals surface area (Å²) in [6.45, 7) is 2.68. The Morgan fingerprint density at radius 2 is 2.19 bits per heavy atom. The van der Waals surface area contributed by atoms with Gasteiger partial charge in [0.25, 0.3) is 0 Å². The molecule has 2 atom stereocenters. The van der Waals surface area contributed by atoms with Crippen LogP contribution in [0.4, 0.5) is 11.4 Å². The molecule has 0 saturated carbocycles. The van der Waals surface area contributed by atoms with E-state index in [9.17, 15) is 4.79 Å². The number of amides is 1. The average Bonchev–Trinajstić information content (AvgIpc) is 2.93. The number of nitrogen functional groups attached to an aromatic ring is 1. The topological polar surface area (TPSA) is 64.3 Å². The number of anilines is 2. The molecular formula is C14H18Cl2N2O2S. The second-order valence-corrected chi connectivity index (χ2v) is 7.15. The van der Waals surface area contributed by atoms with Crippen LogP contribution in [-0.4, -0.2) is 29.6 Å². The fourth-order valence-corrected chi connectivity index (χ4v) is 3.62. The molecule has 1 aromatic carbocycles. The van der Waals surface area contributed by atoms with E-state index < -0.39 is 0 Å². The molecule has 1 saturated heterocycles. The molecule has 1 aliphatic rings. The highest BCUT2D eigenvalue weighted by atomic mass is 35.5. The molecule has 3 N–H and O–H groups in total. The van der Waals surface area contributed by atoms with Crippen molar-refractivity contribution < 1.29 is 9.53 Å². The highest BCUT2D eigenvalue weighted by molar-refractivity contribution is 8.00. The van der Waals surface area contributed by atoms with Crippen molar-refractivity contribution in [2.24, 2.45) is 0 Å². The Hall–Kier alpha value is -0.620. The van der Waals surface area contributed by atoms with Gasteiger partial charge in [0.1, 0.15) is 0 Å². The monoisotopic (exact) mass is 348 g/mol. The maximum Gasteiger partial charge on any atom is 0.237 e. The molecule has 0 radical (unpaired) electrons. The number of carbonyl (C=O) groups excluding carboxylic acids is 1. The summed E-state index contributed by atoms with van der Waals surface area (Å²) in [6, 6.07) is 3.13. The molecule has 0 bridgehead atoms. The van der Waals surface area contributed by atoms with Crippen molar-refractivity contribution in [3.63, 3.8) is 0 Å². The van der Waals surface area contributed by atoms with Gasteiger partial charge in [-0.05, 0) is 31.9 Å². The Kier molecular flexibility index (Phi) is 6.05. The van der Waals surface area contributed by atoms with E-state index in [1.54, 1.807) is 23.9 Å². The fraction of sp³-hybridized carbons (Fsp3) is 0.500. The Morgan fingerprint density at radius 1 is 1.52 bits per heavy atom. The first-order valence-corrected chi connectivity index (χ1v) is 8.56. The molecule has 2 rings (SSSR count). The standard InChI is InChI=1S/C14H18Cl2N2O2S/c1-8(21-7-10-3-2-4-20-10)14(19)18-13-11(15)5-9(17)6-12(13)16/h5-6,8,10H,2-4,7,17H2,1H3,(H,18,19). The molecule has 1 heterocycles. The van der Waals surface area contributed by atoms with Gasteiger partial charge in [-0.2, -0.15) is 0 Å². The molecule has 0 aliphatic carbocycles. The molecule has 4 nitrogen and oxygen atoms in total. The highest BCUT2D eigenvalue weighted by Gasteiger charge is 2.21. The lowest BCUT2D eigenvalue weighted by atomic mass is 10.2. The number of carbonyl (C=O) groups is 1. The Morgan fingerprint density at radius 3 is 2.76 bits per heavy atom. The summed E-state index contributed by atoms with van der Waals surface area (Å²) >= 11 is 13.7. The Balaban J connectivity index is 1.91. The zero-order valence-electron chi connectivity index (χ0n) is 11.7. The fourth-order valence-electron chi connectivity index (χ4n) is 2.04. The minimum atomic E-state index is -0.209. The number of hydrogen-bond acceptors (Lipinski definition) is 4. The van der Waals surface area contributed by atoms with Crippen LogP contribution in [-0.2, 0) is 9.53 Å². The van der Waals surface area contributed by atoms with Crippen LogP contribution >= 0.6 is 35.0 Å². The normalized spacial score (nSPS) is 19.5. The lowest BCUT2D eigenvalue weighted by Crippen LogP contribution is -2.24. The quantitative estimate of drug-likeness (QED) is 0.794. The summed E-state index contributed by atoms with van der Waals surface area (Å²) in [5, 5.41) is 3.23. The molecule has 116 valence electrons. The van der Waals surface area contributed by atoms with Crippen molar-refractivity contribution in [3.8, 4) is 0 Å². The third kappa shape index (κ3) is 4.68. The number of thioether (sulfide) groups is 1. The average molecular weight is 349 g/mol. The molecule has 1 aromatic rings. The molecule has 0 aromatic heterocycles. The van der Waals surface area contributed by atoms with Crippen LogP contribution in [0.1, 0.15) is 19.8 Å². The van der Waals surface area contributed by atoms with E-state index in [2.05, 4.69) is 5.32 Å². The third-order valence-corrected chi connectivity index (χ3v) is 5.11. The molecule has 7 heteroatoms. The SMILES string of the molecule is CC(SCC1CCCO1)C(=O)Nc1c(Cl)cc(N)cc1Cl. The smallest absolute Gasteiger partial charge is 0.237 e. The van der Waals surface area contributed by atoms with E-state index in [4.69, 9.17) is 33.7 Å². The zero-order valence-corrected chi connectivity index (χ0v) is 14.0. The summed E-state index contributed by atoms with van der Waals surface area (Å²) in [7, 11) is 0. The summed E-state index contributed by atoms with van der Waals surface area (Å²) < 4.78 is 5.54. The lowest BCUT2D eigenvalue weighted by Gasteiger charge is -2.16.